The predicted octanol–water partition coefficient (Wildman–Crippen LogP) is 4.00. The highest BCUT2D eigenvalue weighted by Gasteiger charge is 2.21. The van der Waals surface area contributed by atoms with Crippen LogP contribution >= 0.6 is 0 Å². The molecule has 0 aliphatic carbocycles. The maximum Gasteiger partial charge on any atom is 0.319 e. The van der Waals surface area contributed by atoms with Crippen LogP contribution in [-0.2, 0) is 5.41 Å². The Morgan fingerprint density at radius 1 is 1.08 bits per heavy atom. The number of benzene rings is 2. The van der Waals surface area contributed by atoms with E-state index in [0.29, 0.717) is 17.8 Å². The first-order valence-corrected chi connectivity index (χ1v) is 8.12. The number of methoxy groups -OCH3 is 1. The number of ketones is 1. The second-order valence-corrected chi connectivity index (χ2v) is 6.56. The van der Waals surface area contributed by atoms with Crippen molar-refractivity contribution in [1.29, 1.82) is 0 Å². The lowest BCUT2D eigenvalue weighted by Gasteiger charge is -2.26. The summed E-state index contributed by atoms with van der Waals surface area (Å²) in [6.45, 7) is 6.09. The molecule has 2 rings (SSSR count). The third-order valence-electron chi connectivity index (χ3n) is 4.09. The third kappa shape index (κ3) is 5.08. The Hall–Kier alpha value is -2.82. The van der Waals surface area contributed by atoms with E-state index in [4.69, 9.17) is 4.74 Å². The van der Waals surface area contributed by atoms with Crippen molar-refractivity contribution in [3.63, 3.8) is 0 Å². The molecule has 0 aliphatic heterocycles. The van der Waals surface area contributed by atoms with Crippen molar-refractivity contribution in [2.75, 3.05) is 19.0 Å². The molecule has 0 fully saturated rings. The lowest BCUT2D eigenvalue weighted by molar-refractivity contribution is 0.101. The molecule has 0 aliphatic rings. The van der Waals surface area contributed by atoms with Gasteiger partial charge >= 0.3 is 6.03 Å². The lowest BCUT2D eigenvalue weighted by Crippen LogP contribution is -2.39. The number of nitrogens with one attached hydrogen (secondary N) is 2. The van der Waals surface area contributed by atoms with Crippen LogP contribution < -0.4 is 15.4 Å². The minimum atomic E-state index is -0.303. The molecule has 0 bridgehead atoms. The van der Waals surface area contributed by atoms with Crippen LogP contribution in [0.5, 0.6) is 5.75 Å². The van der Waals surface area contributed by atoms with Gasteiger partial charge in [-0.25, -0.2) is 4.79 Å². The molecule has 0 spiro atoms. The van der Waals surface area contributed by atoms with Crippen LogP contribution in [0.1, 0.15) is 36.7 Å². The summed E-state index contributed by atoms with van der Waals surface area (Å²) in [5, 5.41) is 5.64. The normalized spacial score (nSPS) is 10.9. The summed E-state index contributed by atoms with van der Waals surface area (Å²) in [5.41, 5.74) is 2.03. The van der Waals surface area contributed by atoms with Crippen molar-refractivity contribution < 1.29 is 14.3 Å². The van der Waals surface area contributed by atoms with Gasteiger partial charge < -0.3 is 15.4 Å². The van der Waals surface area contributed by atoms with Gasteiger partial charge in [0.25, 0.3) is 0 Å². The van der Waals surface area contributed by atoms with Gasteiger partial charge in [0.2, 0.25) is 0 Å². The monoisotopic (exact) mass is 340 g/mol. The van der Waals surface area contributed by atoms with E-state index < -0.39 is 0 Å². The Labute approximate surface area is 148 Å². The van der Waals surface area contributed by atoms with Gasteiger partial charge in [-0.3, -0.25) is 4.79 Å². The van der Waals surface area contributed by atoms with Crippen molar-refractivity contribution in [2.45, 2.75) is 26.2 Å². The predicted molar refractivity (Wildman–Crippen MR) is 99.5 cm³/mol. The van der Waals surface area contributed by atoms with Crippen LogP contribution in [0, 0.1) is 0 Å². The summed E-state index contributed by atoms with van der Waals surface area (Å²) in [4.78, 5) is 23.6. The summed E-state index contributed by atoms with van der Waals surface area (Å²) in [7, 11) is 1.63. The van der Waals surface area contributed by atoms with Gasteiger partial charge in [0.15, 0.2) is 5.78 Å². The first-order chi connectivity index (χ1) is 11.8. The molecule has 132 valence electrons. The van der Waals surface area contributed by atoms with Gasteiger partial charge in [0.05, 0.1) is 7.11 Å². The molecule has 2 amide bonds. The topological polar surface area (TPSA) is 67.4 Å². The summed E-state index contributed by atoms with van der Waals surface area (Å²) in [6.07, 6.45) is 0. The first-order valence-electron chi connectivity index (χ1n) is 8.12. The number of rotatable bonds is 6. The van der Waals surface area contributed by atoms with E-state index in [-0.39, 0.29) is 17.2 Å². The molecule has 2 N–H and O–H groups in total. The molecule has 5 heteroatoms. The molecule has 0 unspecified atom stereocenters. The van der Waals surface area contributed by atoms with Gasteiger partial charge in [-0.05, 0) is 36.8 Å². The SMILES string of the molecule is COc1ccc(C(C)(C)CNC(=O)Nc2cccc(C(C)=O)c2)cc1. The maximum atomic E-state index is 12.1. The fourth-order valence-corrected chi connectivity index (χ4v) is 2.44. The van der Waals surface area contributed by atoms with Crippen LogP contribution in [0.2, 0.25) is 0 Å². The molecule has 0 radical (unpaired) electrons. The van der Waals surface area contributed by atoms with Crippen molar-refractivity contribution in [1.82, 2.24) is 5.32 Å². The van der Waals surface area contributed by atoms with Gasteiger partial charge in [-0.1, -0.05) is 38.1 Å². The van der Waals surface area contributed by atoms with E-state index in [2.05, 4.69) is 24.5 Å². The molecule has 0 saturated heterocycles. The van der Waals surface area contributed by atoms with Crippen LogP contribution in [-0.4, -0.2) is 25.5 Å². The number of hydrogen-bond donors (Lipinski definition) is 2. The largest absolute Gasteiger partial charge is 0.497 e. The number of anilines is 1. The van der Waals surface area contributed by atoms with E-state index >= 15 is 0 Å². The Bertz CT molecular complexity index is 752. The highest BCUT2D eigenvalue weighted by Crippen LogP contribution is 2.24. The van der Waals surface area contributed by atoms with Gasteiger partial charge in [-0.2, -0.15) is 0 Å². The Kier molecular flexibility index (Phi) is 5.80. The standard InChI is InChI=1S/C20H24N2O3/c1-14(23)15-6-5-7-17(12-15)22-19(24)21-13-20(2,3)16-8-10-18(25-4)11-9-16/h5-12H,13H2,1-4H3,(H2,21,22,24). The van der Waals surface area contributed by atoms with Crippen LogP contribution in [0.4, 0.5) is 10.5 Å². The number of ether oxygens (including phenoxy) is 1. The number of urea groups is 1. The van der Waals surface area contributed by atoms with E-state index in [0.717, 1.165) is 11.3 Å². The van der Waals surface area contributed by atoms with E-state index in [1.807, 2.05) is 24.3 Å². The zero-order valence-corrected chi connectivity index (χ0v) is 15.1. The van der Waals surface area contributed by atoms with Crippen LogP contribution in [0.3, 0.4) is 0 Å². The molecule has 0 heterocycles. The number of amides is 2. The molecular formula is C20H24N2O3. The van der Waals surface area contributed by atoms with Crippen molar-refractivity contribution >= 4 is 17.5 Å². The van der Waals surface area contributed by atoms with E-state index in [1.54, 1.807) is 31.4 Å². The average molecular weight is 340 g/mol. The lowest BCUT2D eigenvalue weighted by atomic mass is 9.84. The molecule has 5 nitrogen and oxygen atoms in total. The molecule has 0 aromatic heterocycles. The fourth-order valence-electron chi connectivity index (χ4n) is 2.44. The second-order valence-electron chi connectivity index (χ2n) is 6.56. The smallest absolute Gasteiger partial charge is 0.319 e. The highest BCUT2D eigenvalue weighted by molar-refractivity contribution is 5.96. The van der Waals surface area contributed by atoms with Crippen molar-refractivity contribution in [2.24, 2.45) is 0 Å². The van der Waals surface area contributed by atoms with Crippen molar-refractivity contribution in [3.05, 3.63) is 59.7 Å². The third-order valence-corrected chi connectivity index (χ3v) is 4.09. The maximum absolute atomic E-state index is 12.1. The number of Topliss-reactive ketones (excluding diaryl/α,β-unsaturated/α-hetero) is 1. The minimum Gasteiger partial charge on any atom is -0.497 e. The van der Waals surface area contributed by atoms with Gasteiger partial charge in [-0.15, -0.1) is 0 Å². The number of carbonyl (C=O) groups is 2. The zero-order chi connectivity index (χ0) is 18.4. The molecule has 25 heavy (non-hydrogen) atoms. The van der Waals surface area contributed by atoms with Crippen LogP contribution in [0.25, 0.3) is 0 Å². The second kappa shape index (κ2) is 7.83. The summed E-state index contributed by atoms with van der Waals surface area (Å²) in [6, 6.07) is 14.4. The average Bonchev–Trinajstić information content (AvgIpc) is 2.60. The summed E-state index contributed by atoms with van der Waals surface area (Å²) >= 11 is 0. The molecule has 0 saturated carbocycles. The van der Waals surface area contributed by atoms with Crippen LogP contribution in [0.15, 0.2) is 48.5 Å². The number of hydrogen-bond acceptors (Lipinski definition) is 3. The minimum absolute atomic E-state index is 0.0373. The Morgan fingerprint density at radius 3 is 2.36 bits per heavy atom. The first kappa shape index (κ1) is 18.5. The van der Waals surface area contributed by atoms with Gasteiger partial charge in [0, 0.05) is 23.2 Å². The van der Waals surface area contributed by atoms with Gasteiger partial charge in [0.1, 0.15) is 5.75 Å². The quantitative estimate of drug-likeness (QED) is 0.781. The molecule has 2 aromatic rings. The summed E-state index contributed by atoms with van der Waals surface area (Å²) < 4.78 is 5.17. The Balaban J connectivity index is 1.96. The zero-order valence-electron chi connectivity index (χ0n) is 15.1. The molecule has 0 atom stereocenters. The fraction of sp³-hybridized carbons (Fsp3) is 0.300. The van der Waals surface area contributed by atoms with E-state index in [1.165, 1.54) is 6.92 Å². The summed E-state index contributed by atoms with van der Waals surface area (Å²) in [5.74, 6) is 0.764. The van der Waals surface area contributed by atoms with E-state index in [9.17, 15) is 9.59 Å². The highest BCUT2D eigenvalue weighted by atomic mass is 16.5. The van der Waals surface area contributed by atoms with Crippen molar-refractivity contribution in [3.8, 4) is 5.75 Å². The molecule has 2 aromatic carbocycles. The Morgan fingerprint density at radius 2 is 1.76 bits per heavy atom. The number of carbonyl (C=O) groups excluding carboxylic acids is 2. The molecular weight excluding hydrogens is 316 g/mol.